The van der Waals surface area contributed by atoms with Gasteiger partial charge in [-0.25, -0.2) is 14.6 Å². The lowest BCUT2D eigenvalue weighted by molar-refractivity contribution is -0.0933. The lowest BCUT2D eigenvalue weighted by Gasteiger charge is -2.33. The second-order valence-electron chi connectivity index (χ2n) is 12.0. The quantitative estimate of drug-likeness (QED) is 0.172. The Bertz CT molecular complexity index is 1910. The highest BCUT2D eigenvalue weighted by Crippen LogP contribution is 2.41. The Hall–Kier alpha value is -5.21. The van der Waals surface area contributed by atoms with Crippen LogP contribution in [0.15, 0.2) is 82.0 Å². The maximum Gasteiger partial charge on any atom is 0.416 e. The number of furan rings is 1. The molecule has 4 heterocycles. The third-order valence-electron chi connectivity index (χ3n) is 8.88. The number of methoxy groups -OCH3 is 2. The van der Waals surface area contributed by atoms with Crippen LogP contribution in [0.25, 0.3) is 22.5 Å². The van der Waals surface area contributed by atoms with Crippen LogP contribution >= 0.6 is 0 Å². The molecule has 1 aliphatic carbocycles. The number of nitrogens with zero attached hydrogens (tertiary/aromatic N) is 3. The number of ether oxygens (including phenoxy) is 3. The van der Waals surface area contributed by atoms with Gasteiger partial charge >= 0.3 is 24.4 Å². The fraction of sp³-hybridized carbons (Fsp3) is 0.343. The Balaban J connectivity index is 1.36. The predicted molar refractivity (Wildman–Crippen MR) is 168 cm³/mol. The molecule has 0 radical (unpaired) electrons. The molecule has 50 heavy (non-hydrogen) atoms. The molecule has 0 saturated carbocycles. The second-order valence-corrected chi connectivity index (χ2v) is 12.0. The first-order valence-electron chi connectivity index (χ1n) is 15.5. The number of rotatable bonds is 8. The van der Waals surface area contributed by atoms with Gasteiger partial charge in [0.2, 0.25) is 0 Å². The topological polar surface area (TPSA) is 94.3 Å². The summed E-state index contributed by atoms with van der Waals surface area (Å²) >= 11 is 0. The molecule has 0 spiro atoms. The van der Waals surface area contributed by atoms with Gasteiger partial charge in [-0.3, -0.25) is 4.90 Å². The van der Waals surface area contributed by atoms with Gasteiger partial charge in [-0.2, -0.15) is 26.3 Å². The van der Waals surface area contributed by atoms with E-state index in [1.165, 1.54) is 31.4 Å². The first-order valence-corrected chi connectivity index (χ1v) is 15.5. The van der Waals surface area contributed by atoms with Gasteiger partial charge < -0.3 is 23.5 Å². The number of hydrogen-bond donors (Lipinski definition) is 0. The Morgan fingerprint density at radius 2 is 1.72 bits per heavy atom. The molecule has 6 rings (SSSR count). The summed E-state index contributed by atoms with van der Waals surface area (Å²) in [4.78, 5) is 33.6. The zero-order chi connectivity index (χ0) is 36.0. The van der Waals surface area contributed by atoms with Gasteiger partial charge in [0, 0.05) is 29.8 Å². The van der Waals surface area contributed by atoms with Crippen molar-refractivity contribution < 1.29 is 54.6 Å². The molecule has 0 bridgehead atoms. The molecule has 2 fully saturated rings. The van der Waals surface area contributed by atoms with E-state index < -0.39 is 54.1 Å². The minimum atomic E-state index is -5.08. The highest BCUT2D eigenvalue weighted by Gasteiger charge is 2.44. The SMILES string of the molecule is COC(=O)c1coc(-c2ccc(OC)c(-c3ccc(N4CCC4)nc3CN3C(=O)OC(C4=CC(C(F)(F)F)=CC(C(F)(F)F)=CC4)C3C)c2)c1. The van der Waals surface area contributed by atoms with Crippen molar-refractivity contribution in [3.8, 4) is 28.2 Å². The second kappa shape index (κ2) is 13.2. The summed E-state index contributed by atoms with van der Waals surface area (Å²) in [6, 6.07) is 9.50. The van der Waals surface area contributed by atoms with Crippen LogP contribution in [0.4, 0.5) is 37.0 Å². The number of aromatic nitrogens is 1. The maximum atomic E-state index is 13.8. The fourth-order valence-corrected chi connectivity index (χ4v) is 6.04. The summed E-state index contributed by atoms with van der Waals surface area (Å²) in [6.45, 7) is 2.95. The van der Waals surface area contributed by atoms with Gasteiger partial charge in [-0.1, -0.05) is 6.08 Å². The summed E-state index contributed by atoms with van der Waals surface area (Å²) in [5.41, 5.74) is -0.729. The number of cyclic esters (lactones) is 1. The zero-order valence-electron chi connectivity index (χ0n) is 27.0. The number of esters is 1. The van der Waals surface area contributed by atoms with E-state index in [1.54, 1.807) is 25.1 Å². The lowest BCUT2D eigenvalue weighted by Crippen LogP contribution is -2.38. The summed E-state index contributed by atoms with van der Waals surface area (Å²) in [6.07, 6.45) is -9.14. The molecular formula is C35H31F6N3O6. The van der Waals surface area contributed by atoms with Crippen molar-refractivity contribution in [2.75, 3.05) is 32.2 Å². The molecule has 2 aliphatic heterocycles. The van der Waals surface area contributed by atoms with Crippen molar-refractivity contribution in [1.82, 2.24) is 9.88 Å². The Labute approximate surface area is 282 Å². The fourth-order valence-electron chi connectivity index (χ4n) is 6.04. The molecule has 2 saturated heterocycles. The number of carbonyl (C=O) groups excluding carboxylic acids is 2. The molecule has 9 nitrogen and oxygen atoms in total. The molecule has 2 unspecified atom stereocenters. The number of halogens is 6. The van der Waals surface area contributed by atoms with Crippen LogP contribution in [-0.2, 0) is 16.0 Å². The maximum absolute atomic E-state index is 13.8. The van der Waals surface area contributed by atoms with Crippen LogP contribution in [-0.4, -0.2) is 73.8 Å². The number of anilines is 1. The van der Waals surface area contributed by atoms with Gasteiger partial charge in [0.25, 0.3) is 0 Å². The number of pyridine rings is 1. The average Bonchev–Trinajstić information content (AvgIpc) is 3.55. The van der Waals surface area contributed by atoms with Gasteiger partial charge in [0.15, 0.2) is 0 Å². The number of hydrogen-bond acceptors (Lipinski definition) is 8. The highest BCUT2D eigenvalue weighted by atomic mass is 19.4. The molecule has 1 amide bonds. The third kappa shape index (κ3) is 6.81. The van der Waals surface area contributed by atoms with Crippen LogP contribution in [0.5, 0.6) is 5.75 Å². The highest BCUT2D eigenvalue weighted by molar-refractivity contribution is 5.90. The molecule has 15 heteroatoms. The minimum absolute atomic E-state index is 0.0597. The van der Waals surface area contributed by atoms with E-state index in [0.717, 1.165) is 19.5 Å². The molecule has 0 N–H and O–H groups in total. The lowest BCUT2D eigenvalue weighted by atomic mass is 9.97. The molecular weight excluding hydrogens is 672 g/mol. The van der Waals surface area contributed by atoms with Crippen molar-refractivity contribution >= 4 is 17.9 Å². The first-order chi connectivity index (χ1) is 23.7. The molecule has 2 atom stereocenters. The van der Waals surface area contributed by atoms with Gasteiger partial charge in [0.1, 0.15) is 29.7 Å². The monoisotopic (exact) mass is 703 g/mol. The minimum Gasteiger partial charge on any atom is -0.496 e. The Morgan fingerprint density at radius 1 is 0.980 bits per heavy atom. The van der Waals surface area contributed by atoms with Crippen LogP contribution in [0, 0.1) is 0 Å². The van der Waals surface area contributed by atoms with E-state index in [4.69, 9.17) is 23.6 Å². The van der Waals surface area contributed by atoms with Crippen molar-refractivity contribution in [3.63, 3.8) is 0 Å². The van der Waals surface area contributed by atoms with Gasteiger partial charge in [-0.15, -0.1) is 0 Å². The summed E-state index contributed by atoms with van der Waals surface area (Å²) in [5, 5.41) is 0. The molecule has 3 aliphatic rings. The van der Waals surface area contributed by atoms with E-state index in [1.807, 2.05) is 17.0 Å². The summed E-state index contributed by atoms with van der Waals surface area (Å²) < 4.78 is 104. The summed E-state index contributed by atoms with van der Waals surface area (Å²) in [5.74, 6) is 0.887. The van der Waals surface area contributed by atoms with E-state index in [-0.39, 0.29) is 23.8 Å². The van der Waals surface area contributed by atoms with Crippen molar-refractivity contribution in [3.05, 3.63) is 88.9 Å². The predicted octanol–water partition coefficient (Wildman–Crippen LogP) is 8.03. The van der Waals surface area contributed by atoms with Crippen LogP contribution in [0.1, 0.15) is 35.8 Å². The number of alkyl halides is 6. The molecule has 2 aromatic heterocycles. The Morgan fingerprint density at radius 3 is 2.36 bits per heavy atom. The molecule has 264 valence electrons. The normalized spacial score (nSPS) is 19.6. The first kappa shape index (κ1) is 34.6. The van der Waals surface area contributed by atoms with E-state index in [2.05, 4.69) is 0 Å². The standard InChI is InChI=1S/C35H31F6N3O6/c1-19-31(21-5-7-23(34(36,37)38)16-24(13-21)35(39,40)41)50-33(46)44(19)17-27-25(8-10-30(42-27)43-11-4-12-43)26-14-20(6-9-28(26)47-2)29-15-22(18-49-29)32(45)48-3/h6-10,13-16,18-19,31H,4-5,11-12,17H2,1-3H3. The average molecular weight is 704 g/mol. The number of allylic oxidation sites excluding steroid dienone is 5. The van der Waals surface area contributed by atoms with Crippen molar-refractivity contribution in [2.24, 2.45) is 0 Å². The Kier molecular flexibility index (Phi) is 9.18. The molecule has 3 aromatic rings. The van der Waals surface area contributed by atoms with Crippen LogP contribution < -0.4 is 9.64 Å². The third-order valence-corrected chi connectivity index (χ3v) is 8.88. The van der Waals surface area contributed by atoms with Crippen LogP contribution in [0.3, 0.4) is 0 Å². The van der Waals surface area contributed by atoms with E-state index >= 15 is 0 Å². The van der Waals surface area contributed by atoms with Crippen molar-refractivity contribution in [1.29, 1.82) is 0 Å². The number of benzene rings is 1. The van der Waals surface area contributed by atoms with Crippen LogP contribution in [0.2, 0.25) is 0 Å². The van der Waals surface area contributed by atoms with E-state index in [9.17, 15) is 35.9 Å². The van der Waals surface area contributed by atoms with E-state index in [0.29, 0.717) is 51.9 Å². The largest absolute Gasteiger partial charge is 0.496 e. The summed E-state index contributed by atoms with van der Waals surface area (Å²) in [7, 11) is 2.73. The van der Waals surface area contributed by atoms with Gasteiger partial charge in [-0.05, 0) is 73.9 Å². The zero-order valence-corrected chi connectivity index (χ0v) is 27.0. The molecule has 1 aromatic carbocycles. The smallest absolute Gasteiger partial charge is 0.416 e. The van der Waals surface area contributed by atoms with Crippen molar-refractivity contribution in [2.45, 2.75) is 50.8 Å². The number of amides is 1. The number of carbonyl (C=O) groups is 2. The van der Waals surface area contributed by atoms with Gasteiger partial charge in [0.05, 0.1) is 49.2 Å².